The number of H-pyrrole nitrogens is 1. The Balaban J connectivity index is 1.27. The fraction of sp³-hybridized carbons (Fsp3) is 0.500. The van der Waals surface area contributed by atoms with Gasteiger partial charge in [0.25, 0.3) is 6.01 Å². The van der Waals surface area contributed by atoms with E-state index < -0.39 is 21.2 Å². The van der Waals surface area contributed by atoms with E-state index in [4.69, 9.17) is 16.3 Å². The number of aliphatic carboxylic acids is 1. The zero-order valence-electron chi connectivity index (χ0n) is 20.9. The van der Waals surface area contributed by atoms with Crippen LogP contribution in [-0.2, 0) is 14.6 Å². The summed E-state index contributed by atoms with van der Waals surface area (Å²) in [6, 6.07) is 9.94. The van der Waals surface area contributed by atoms with Crippen LogP contribution < -0.4 is 9.64 Å². The zero-order chi connectivity index (χ0) is 26.4. The highest BCUT2D eigenvalue weighted by Crippen LogP contribution is 2.39. The molecule has 3 heterocycles. The van der Waals surface area contributed by atoms with Crippen LogP contribution in [0, 0.1) is 11.3 Å². The van der Waals surface area contributed by atoms with Crippen molar-refractivity contribution < 1.29 is 23.1 Å². The molecule has 11 heteroatoms. The van der Waals surface area contributed by atoms with E-state index in [1.165, 1.54) is 0 Å². The number of hydrogen-bond acceptors (Lipinski definition) is 7. The first-order valence-electron chi connectivity index (χ1n) is 12.5. The summed E-state index contributed by atoms with van der Waals surface area (Å²) in [5.41, 5.74) is 2.85. The standard InChI is InChI=1S/C26H31ClN4O5S/c1-26(2,24(32)33)17-5-9-19(10-6-17)36-25-28-21-15-20(27)22(29-23(21)30-25)16-3-7-18(8-4-16)31-11-13-37(34,35)14-12-31/h3-4,7-8,15,17,19H,5-6,9-14H2,1-2H3,(H,32,33)(H,28,29,30)/t17-,19-. The Morgan fingerprint density at radius 2 is 1.76 bits per heavy atom. The Morgan fingerprint density at radius 1 is 1.11 bits per heavy atom. The maximum atomic E-state index is 11.7. The molecule has 0 radical (unpaired) electrons. The summed E-state index contributed by atoms with van der Waals surface area (Å²) in [6.07, 6.45) is 3.09. The van der Waals surface area contributed by atoms with E-state index in [0.29, 0.717) is 41.0 Å². The van der Waals surface area contributed by atoms with Gasteiger partial charge in [-0.2, -0.15) is 4.98 Å². The minimum Gasteiger partial charge on any atom is -0.481 e. The number of rotatable bonds is 6. The minimum atomic E-state index is -2.93. The molecule has 0 unspecified atom stereocenters. The van der Waals surface area contributed by atoms with Gasteiger partial charge in [0.15, 0.2) is 15.5 Å². The zero-order valence-corrected chi connectivity index (χ0v) is 22.5. The van der Waals surface area contributed by atoms with Gasteiger partial charge in [-0.15, -0.1) is 0 Å². The maximum Gasteiger partial charge on any atom is 0.309 e. The highest BCUT2D eigenvalue weighted by molar-refractivity contribution is 7.91. The van der Waals surface area contributed by atoms with E-state index in [1.54, 1.807) is 19.9 Å². The average molecular weight is 547 g/mol. The quantitative estimate of drug-likeness (QED) is 0.461. The van der Waals surface area contributed by atoms with E-state index in [9.17, 15) is 18.3 Å². The van der Waals surface area contributed by atoms with Crippen molar-refractivity contribution in [1.82, 2.24) is 15.0 Å². The number of carboxylic acids is 1. The Morgan fingerprint density at radius 3 is 2.38 bits per heavy atom. The van der Waals surface area contributed by atoms with Crippen LogP contribution in [0.5, 0.6) is 6.01 Å². The number of carbonyl (C=O) groups is 1. The number of anilines is 1. The Hall–Kier alpha value is -2.85. The molecule has 2 aromatic heterocycles. The number of ether oxygens (including phenoxy) is 1. The van der Waals surface area contributed by atoms with E-state index in [2.05, 4.69) is 19.9 Å². The van der Waals surface area contributed by atoms with Crippen LogP contribution in [0.15, 0.2) is 30.3 Å². The third kappa shape index (κ3) is 5.40. The molecule has 37 heavy (non-hydrogen) atoms. The van der Waals surface area contributed by atoms with Crippen LogP contribution >= 0.6 is 11.6 Å². The number of hydrogen-bond donors (Lipinski definition) is 2. The van der Waals surface area contributed by atoms with Crippen LogP contribution in [0.3, 0.4) is 0 Å². The lowest BCUT2D eigenvalue weighted by Gasteiger charge is -2.36. The number of sulfone groups is 1. The predicted octanol–water partition coefficient (Wildman–Crippen LogP) is 4.56. The monoisotopic (exact) mass is 546 g/mol. The van der Waals surface area contributed by atoms with Crippen LogP contribution in [0.1, 0.15) is 39.5 Å². The van der Waals surface area contributed by atoms with Crippen molar-refractivity contribution in [2.75, 3.05) is 29.5 Å². The smallest absolute Gasteiger partial charge is 0.309 e. The van der Waals surface area contributed by atoms with Gasteiger partial charge in [0.2, 0.25) is 0 Å². The van der Waals surface area contributed by atoms with Gasteiger partial charge in [-0.05, 0) is 63.6 Å². The van der Waals surface area contributed by atoms with Crippen molar-refractivity contribution in [1.29, 1.82) is 0 Å². The number of benzene rings is 1. The van der Waals surface area contributed by atoms with Crippen LogP contribution in [0.4, 0.5) is 5.69 Å². The van der Waals surface area contributed by atoms with E-state index >= 15 is 0 Å². The maximum absolute atomic E-state index is 11.7. The van der Waals surface area contributed by atoms with Crippen LogP contribution in [-0.4, -0.2) is 65.1 Å². The second kappa shape index (κ2) is 9.79. The van der Waals surface area contributed by atoms with Gasteiger partial charge in [0.1, 0.15) is 6.10 Å². The molecule has 9 nitrogen and oxygen atoms in total. The highest BCUT2D eigenvalue weighted by Gasteiger charge is 2.39. The molecule has 1 saturated carbocycles. The van der Waals surface area contributed by atoms with Gasteiger partial charge in [0, 0.05) is 24.3 Å². The molecule has 5 rings (SSSR count). The third-order valence-corrected chi connectivity index (χ3v) is 9.68. The first-order chi connectivity index (χ1) is 17.5. The molecule has 1 aliphatic carbocycles. The normalized spacial score (nSPS) is 22.2. The summed E-state index contributed by atoms with van der Waals surface area (Å²) < 4.78 is 29.5. The van der Waals surface area contributed by atoms with Crippen molar-refractivity contribution in [2.24, 2.45) is 11.3 Å². The molecule has 198 valence electrons. The Kier molecular flexibility index (Phi) is 6.83. The molecule has 0 spiro atoms. The topological polar surface area (TPSA) is 125 Å². The molecule has 2 N–H and O–H groups in total. The summed E-state index contributed by atoms with van der Waals surface area (Å²) in [6.45, 7) is 4.56. The molecule has 1 aliphatic heterocycles. The fourth-order valence-electron chi connectivity index (χ4n) is 5.19. The predicted molar refractivity (Wildman–Crippen MR) is 143 cm³/mol. The molecule has 2 fully saturated rings. The summed E-state index contributed by atoms with van der Waals surface area (Å²) in [5, 5.41) is 9.99. The van der Waals surface area contributed by atoms with Crippen LogP contribution in [0.25, 0.3) is 22.4 Å². The van der Waals surface area contributed by atoms with Gasteiger partial charge in [-0.3, -0.25) is 4.79 Å². The average Bonchev–Trinajstić information content (AvgIpc) is 3.25. The molecular formula is C26H31ClN4O5S. The number of carboxylic acid groups (broad SMARTS) is 1. The number of imidazole rings is 1. The second-order valence-corrected chi connectivity index (χ2v) is 13.2. The summed E-state index contributed by atoms with van der Waals surface area (Å²) in [5.74, 6) is -0.295. The lowest BCUT2D eigenvalue weighted by atomic mass is 9.70. The molecule has 3 aromatic rings. The van der Waals surface area contributed by atoms with Crippen molar-refractivity contribution in [2.45, 2.75) is 45.6 Å². The first-order valence-corrected chi connectivity index (χ1v) is 14.7. The second-order valence-electron chi connectivity index (χ2n) is 10.5. The highest BCUT2D eigenvalue weighted by atomic mass is 35.5. The number of aromatic nitrogens is 3. The van der Waals surface area contributed by atoms with Gasteiger partial charge in [0.05, 0.1) is 33.2 Å². The van der Waals surface area contributed by atoms with Crippen molar-refractivity contribution in [3.05, 3.63) is 35.4 Å². The molecular weight excluding hydrogens is 516 g/mol. The Labute approximate surface area is 221 Å². The number of nitrogens with zero attached hydrogens (tertiary/aromatic N) is 3. The first kappa shape index (κ1) is 25.8. The van der Waals surface area contributed by atoms with Crippen molar-refractivity contribution in [3.8, 4) is 17.3 Å². The molecule has 0 atom stereocenters. The van der Waals surface area contributed by atoms with Crippen molar-refractivity contribution >= 4 is 44.3 Å². The number of fused-ring (bicyclic) bond motifs is 1. The fourth-order valence-corrected chi connectivity index (χ4v) is 6.65. The third-order valence-electron chi connectivity index (χ3n) is 7.78. The molecule has 1 aromatic carbocycles. The number of halogens is 1. The van der Waals surface area contributed by atoms with Crippen LogP contribution in [0.2, 0.25) is 5.02 Å². The summed E-state index contributed by atoms with van der Waals surface area (Å²) >= 11 is 6.57. The van der Waals surface area contributed by atoms with E-state index in [-0.39, 0.29) is 23.5 Å². The molecule has 0 amide bonds. The lowest BCUT2D eigenvalue weighted by molar-refractivity contribution is -0.151. The number of aromatic amines is 1. The lowest BCUT2D eigenvalue weighted by Crippen LogP contribution is -2.40. The molecule has 0 bridgehead atoms. The summed E-state index contributed by atoms with van der Waals surface area (Å²) in [4.78, 5) is 26.0. The van der Waals surface area contributed by atoms with Gasteiger partial charge in [-0.25, -0.2) is 13.4 Å². The van der Waals surface area contributed by atoms with E-state index in [0.717, 1.165) is 36.9 Å². The largest absolute Gasteiger partial charge is 0.481 e. The summed E-state index contributed by atoms with van der Waals surface area (Å²) in [7, 11) is -2.93. The minimum absolute atomic E-state index is 0.0336. The number of nitrogens with one attached hydrogen (secondary N) is 1. The van der Waals surface area contributed by atoms with Gasteiger partial charge in [-0.1, -0.05) is 23.7 Å². The van der Waals surface area contributed by atoms with E-state index in [1.807, 2.05) is 24.3 Å². The van der Waals surface area contributed by atoms with Gasteiger partial charge < -0.3 is 19.7 Å². The Bertz CT molecular complexity index is 1400. The molecule has 1 saturated heterocycles. The molecule has 2 aliphatic rings. The van der Waals surface area contributed by atoms with Crippen molar-refractivity contribution in [3.63, 3.8) is 0 Å². The SMILES string of the molecule is CC(C)(C(=O)O)[C@H]1CC[C@H](Oc2nc3nc(-c4ccc(N5CCS(=O)(=O)CC5)cc4)c(Cl)cc3[nH]2)CC1. The number of pyridine rings is 1. The van der Waals surface area contributed by atoms with Gasteiger partial charge >= 0.3 is 5.97 Å².